The molecule has 0 saturated carbocycles. The summed E-state index contributed by atoms with van der Waals surface area (Å²) >= 11 is 1.78. The van der Waals surface area contributed by atoms with Crippen molar-refractivity contribution in [2.45, 2.75) is 46.1 Å². The van der Waals surface area contributed by atoms with Crippen LogP contribution in [-0.2, 0) is 6.42 Å². The van der Waals surface area contributed by atoms with Gasteiger partial charge in [0.1, 0.15) is 0 Å². The lowest BCUT2D eigenvalue weighted by molar-refractivity contribution is 0.480. The van der Waals surface area contributed by atoms with Gasteiger partial charge in [-0.25, -0.2) is 4.98 Å². The molecule has 0 aromatic carbocycles. The van der Waals surface area contributed by atoms with Crippen molar-refractivity contribution in [3.8, 4) is 0 Å². The molecule has 0 saturated heterocycles. The topological polar surface area (TPSA) is 24.9 Å². The highest BCUT2D eigenvalue weighted by atomic mass is 32.1. The molecule has 14 heavy (non-hydrogen) atoms. The van der Waals surface area contributed by atoms with E-state index in [0.717, 1.165) is 18.7 Å². The number of nitrogens with zero attached hydrogens (tertiary/aromatic N) is 1. The van der Waals surface area contributed by atoms with Gasteiger partial charge in [0.15, 0.2) is 0 Å². The van der Waals surface area contributed by atoms with Crippen LogP contribution in [0.1, 0.15) is 37.4 Å². The molecular formula is C11H20N2S. The van der Waals surface area contributed by atoms with E-state index >= 15 is 0 Å². The summed E-state index contributed by atoms with van der Waals surface area (Å²) in [7, 11) is 0. The van der Waals surface area contributed by atoms with Crippen molar-refractivity contribution in [3.05, 3.63) is 16.1 Å². The fourth-order valence-corrected chi connectivity index (χ4v) is 2.35. The largest absolute Gasteiger partial charge is 0.314 e. The van der Waals surface area contributed by atoms with Gasteiger partial charge in [0.05, 0.1) is 5.01 Å². The van der Waals surface area contributed by atoms with E-state index < -0.39 is 0 Å². The molecule has 1 N–H and O–H groups in total. The van der Waals surface area contributed by atoms with Crippen LogP contribution in [0, 0.1) is 6.92 Å². The van der Waals surface area contributed by atoms with E-state index in [1.165, 1.54) is 17.8 Å². The van der Waals surface area contributed by atoms with Gasteiger partial charge in [-0.3, -0.25) is 0 Å². The Labute approximate surface area is 90.8 Å². The first-order chi connectivity index (χ1) is 6.76. The van der Waals surface area contributed by atoms with Crippen molar-refractivity contribution in [1.29, 1.82) is 0 Å². The number of nitrogens with one attached hydrogen (secondary N) is 1. The van der Waals surface area contributed by atoms with Crippen LogP contribution in [0.25, 0.3) is 0 Å². The summed E-state index contributed by atoms with van der Waals surface area (Å²) in [5.41, 5.74) is 1.15. The van der Waals surface area contributed by atoms with E-state index in [9.17, 15) is 0 Å². The van der Waals surface area contributed by atoms with Crippen molar-refractivity contribution in [2.24, 2.45) is 0 Å². The SMILES string of the molecule is CCNC(CC)CCc1nc(C)cs1. The summed E-state index contributed by atoms with van der Waals surface area (Å²) in [6.07, 6.45) is 3.53. The summed E-state index contributed by atoms with van der Waals surface area (Å²) in [5.74, 6) is 0. The quantitative estimate of drug-likeness (QED) is 0.784. The second-order valence-electron chi connectivity index (χ2n) is 3.58. The van der Waals surface area contributed by atoms with E-state index in [1.807, 2.05) is 0 Å². The zero-order chi connectivity index (χ0) is 10.4. The van der Waals surface area contributed by atoms with Gasteiger partial charge in [-0.15, -0.1) is 11.3 Å². The first-order valence-corrected chi connectivity index (χ1v) is 6.28. The summed E-state index contributed by atoms with van der Waals surface area (Å²) < 4.78 is 0. The number of rotatable bonds is 6. The van der Waals surface area contributed by atoms with Crippen LogP contribution >= 0.6 is 11.3 Å². The van der Waals surface area contributed by atoms with Gasteiger partial charge in [-0.1, -0.05) is 13.8 Å². The highest BCUT2D eigenvalue weighted by Gasteiger charge is 2.06. The Balaban J connectivity index is 2.31. The fraction of sp³-hybridized carbons (Fsp3) is 0.727. The molecule has 3 heteroatoms. The predicted molar refractivity (Wildman–Crippen MR) is 62.9 cm³/mol. The van der Waals surface area contributed by atoms with Gasteiger partial charge in [0.2, 0.25) is 0 Å². The van der Waals surface area contributed by atoms with E-state index in [4.69, 9.17) is 0 Å². The van der Waals surface area contributed by atoms with Crippen molar-refractivity contribution in [1.82, 2.24) is 10.3 Å². The minimum absolute atomic E-state index is 0.657. The molecule has 80 valence electrons. The van der Waals surface area contributed by atoms with Crippen LogP contribution < -0.4 is 5.32 Å². The molecule has 0 bridgehead atoms. The van der Waals surface area contributed by atoms with Crippen molar-refractivity contribution in [2.75, 3.05) is 6.54 Å². The van der Waals surface area contributed by atoms with Gasteiger partial charge >= 0.3 is 0 Å². The zero-order valence-corrected chi connectivity index (χ0v) is 10.2. The highest BCUT2D eigenvalue weighted by Crippen LogP contribution is 2.12. The Morgan fingerprint density at radius 3 is 2.79 bits per heavy atom. The van der Waals surface area contributed by atoms with Gasteiger partial charge in [0.25, 0.3) is 0 Å². The maximum atomic E-state index is 4.47. The molecule has 1 aromatic heterocycles. The van der Waals surface area contributed by atoms with E-state index in [0.29, 0.717) is 6.04 Å². The maximum Gasteiger partial charge on any atom is 0.0928 e. The van der Waals surface area contributed by atoms with Crippen LogP contribution in [0.3, 0.4) is 0 Å². The van der Waals surface area contributed by atoms with Crippen LogP contribution in [0.15, 0.2) is 5.38 Å². The molecule has 0 aliphatic carbocycles. The number of aryl methyl sites for hydroxylation is 2. The lowest BCUT2D eigenvalue weighted by atomic mass is 10.1. The predicted octanol–water partition coefficient (Wildman–Crippen LogP) is 2.77. The van der Waals surface area contributed by atoms with Crippen LogP contribution in [0.2, 0.25) is 0 Å². The summed E-state index contributed by atoms with van der Waals surface area (Å²) in [6, 6.07) is 0.657. The zero-order valence-electron chi connectivity index (χ0n) is 9.34. The number of hydrogen-bond acceptors (Lipinski definition) is 3. The third-order valence-corrected chi connectivity index (χ3v) is 3.39. The minimum Gasteiger partial charge on any atom is -0.314 e. The first kappa shape index (κ1) is 11.7. The molecule has 0 radical (unpaired) electrons. The number of hydrogen-bond donors (Lipinski definition) is 1. The molecule has 1 heterocycles. The summed E-state index contributed by atoms with van der Waals surface area (Å²) in [6.45, 7) is 7.52. The standard InChI is InChI=1S/C11H20N2S/c1-4-10(12-5-2)6-7-11-13-9(3)8-14-11/h8,10,12H,4-7H2,1-3H3. The van der Waals surface area contributed by atoms with E-state index in [-0.39, 0.29) is 0 Å². The monoisotopic (exact) mass is 212 g/mol. The van der Waals surface area contributed by atoms with Gasteiger partial charge in [0, 0.05) is 23.5 Å². The maximum absolute atomic E-state index is 4.47. The first-order valence-electron chi connectivity index (χ1n) is 5.40. The fourth-order valence-electron chi connectivity index (χ4n) is 1.55. The van der Waals surface area contributed by atoms with Gasteiger partial charge < -0.3 is 5.32 Å². The molecule has 0 spiro atoms. The van der Waals surface area contributed by atoms with Crippen LogP contribution in [0.5, 0.6) is 0 Å². The molecule has 0 amide bonds. The smallest absolute Gasteiger partial charge is 0.0928 e. The molecular weight excluding hydrogens is 192 g/mol. The molecule has 2 nitrogen and oxygen atoms in total. The summed E-state index contributed by atoms with van der Waals surface area (Å²) in [5, 5.41) is 6.89. The second-order valence-corrected chi connectivity index (χ2v) is 4.53. The van der Waals surface area contributed by atoms with Crippen molar-refractivity contribution < 1.29 is 0 Å². The van der Waals surface area contributed by atoms with Gasteiger partial charge in [-0.2, -0.15) is 0 Å². The van der Waals surface area contributed by atoms with Crippen LogP contribution in [0.4, 0.5) is 0 Å². The molecule has 0 fully saturated rings. The van der Waals surface area contributed by atoms with Gasteiger partial charge in [-0.05, 0) is 26.3 Å². The molecule has 1 rings (SSSR count). The van der Waals surface area contributed by atoms with Crippen molar-refractivity contribution >= 4 is 11.3 Å². The van der Waals surface area contributed by atoms with Crippen molar-refractivity contribution in [3.63, 3.8) is 0 Å². The third kappa shape index (κ3) is 3.76. The van der Waals surface area contributed by atoms with Crippen LogP contribution in [-0.4, -0.2) is 17.6 Å². The Kier molecular flexibility index (Phi) is 5.12. The summed E-state index contributed by atoms with van der Waals surface area (Å²) in [4.78, 5) is 4.47. The molecule has 1 aromatic rings. The average molecular weight is 212 g/mol. The molecule has 0 aliphatic rings. The number of thiazole rings is 1. The molecule has 1 atom stereocenters. The normalized spacial score (nSPS) is 13.1. The second kappa shape index (κ2) is 6.14. The Hall–Kier alpha value is -0.410. The Morgan fingerprint density at radius 2 is 2.29 bits per heavy atom. The molecule has 1 unspecified atom stereocenters. The lowest BCUT2D eigenvalue weighted by Gasteiger charge is -2.14. The number of aromatic nitrogens is 1. The highest BCUT2D eigenvalue weighted by molar-refractivity contribution is 7.09. The third-order valence-electron chi connectivity index (χ3n) is 2.36. The molecule has 0 aliphatic heterocycles. The minimum atomic E-state index is 0.657. The van der Waals surface area contributed by atoms with E-state index in [1.54, 1.807) is 11.3 Å². The Morgan fingerprint density at radius 1 is 1.50 bits per heavy atom. The average Bonchev–Trinajstić information content (AvgIpc) is 2.59. The van der Waals surface area contributed by atoms with E-state index in [2.05, 4.69) is 36.5 Å². The Bertz CT molecular complexity index is 258. The lowest BCUT2D eigenvalue weighted by Crippen LogP contribution is -2.28.